The first-order valence-electron chi connectivity index (χ1n) is 6.07. The van der Waals surface area contributed by atoms with Crippen molar-refractivity contribution in [2.75, 3.05) is 13.6 Å². The lowest BCUT2D eigenvalue weighted by Crippen LogP contribution is -2.16. The van der Waals surface area contributed by atoms with Gasteiger partial charge in [-0.25, -0.2) is 0 Å². The molecule has 1 fully saturated rings. The number of rotatable bonds is 4. The molecule has 1 aromatic carbocycles. The van der Waals surface area contributed by atoms with Crippen LogP contribution < -0.4 is 5.32 Å². The lowest BCUT2D eigenvalue weighted by molar-refractivity contribution is 0.588. The molecule has 0 atom stereocenters. The minimum absolute atomic E-state index is 0.532. The van der Waals surface area contributed by atoms with Gasteiger partial charge in [0.05, 0.1) is 0 Å². The Kier molecular flexibility index (Phi) is 4.83. The quantitative estimate of drug-likeness (QED) is 0.795. The molecule has 84 valence electrons. The second-order valence-corrected chi connectivity index (χ2v) is 4.00. The van der Waals surface area contributed by atoms with Crippen LogP contribution in [0.25, 0.3) is 0 Å². The minimum Gasteiger partial charge on any atom is -0.320 e. The molecule has 1 nitrogen and oxygen atoms in total. The highest BCUT2D eigenvalue weighted by Gasteiger charge is 2.42. The van der Waals surface area contributed by atoms with Crippen LogP contribution >= 0.6 is 0 Å². The second-order valence-electron chi connectivity index (χ2n) is 4.00. The second kappa shape index (κ2) is 5.92. The number of hydrogen-bond donors (Lipinski definition) is 1. The van der Waals surface area contributed by atoms with Gasteiger partial charge in [-0.05, 0) is 43.8 Å². The Morgan fingerprint density at radius 1 is 1.13 bits per heavy atom. The third kappa shape index (κ3) is 3.07. The van der Waals surface area contributed by atoms with E-state index < -0.39 is 0 Å². The van der Waals surface area contributed by atoms with Crippen LogP contribution in [0.5, 0.6) is 0 Å². The van der Waals surface area contributed by atoms with Crippen molar-refractivity contribution in [3.8, 4) is 0 Å². The van der Waals surface area contributed by atoms with E-state index in [0.717, 1.165) is 6.54 Å². The number of hydrogen-bond acceptors (Lipinski definition) is 1. The maximum atomic E-state index is 3.23. The van der Waals surface area contributed by atoms with Crippen molar-refractivity contribution in [2.45, 2.75) is 38.5 Å². The van der Waals surface area contributed by atoms with Crippen LogP contribution in [-0.2, 0) is 5.41 Å². The zero-order valence-corrected chi connectivity index (χ0v) is 10.2. The Morgan fingerprint density at radius 3 is 2.20 bits per heavy atom. The van der Waals surface area contributed by atoms with Crippen LogP contribution in [0.15, 0.2) is 30.3 Å². The summed E-state index contributed by atoms with van der Waals surface area (Å²) < 4.78 is 0. The third-order valence-corrected chi connectivity index (χ3v) is 3.09. The molecular weight excluding hydrogens is 182 g/mol. The molecule has 0 unspecified atom stereocenters. The predicted molar refractivity (Wildman–Crippen MR) is 67.2 cm³/mol. The van der Waals surface area contributed by atoms with E-state index >= 15 is 0 Å². The van der Waals surface area contributed by atoms with Crippen LogP contribution in [0.2, 0.25) is 0 Å². The van der Waals surface area contributed by atoms with Crippen molar-refractivity contribution in [1.82, 2.24) is 5.32 Å². The Balaban J connectivity index is 0.000000531. The largest absolute Gasteiger partial charge is 0.320 e. The van der Waals surface area contributed by atoms with Crippen molar-refractivity contribution in [2.24, 2.45) is 0 Å². The van der Waals surface area contributed by atoms with Crippen molar-refractivity contribution < 1.29 is 0 Å². The van der Waals surface area contributed by atoms with Crippen molar-refractivity contribution >= 4 is 0 Å². The summed E-state index contributed by atoms with van der Waals surface area (Å²) in [5.41, 5.74) is 2.06. The molecule has 1 aliphatic rings. The van der Waals surface area contributed by atoms with Gasteiger partial charge in [0.25, 0.3) is 0 Å². The van der Waals surface area contributed by atoms with Gasteiger partial charge in [-0.2, -0.15) is 0 Å². The van der Waals surface area contributed by atoms with Crippen molar-refractivity contribution in [1.29, 1.82) is 0 Å². The monoisotopic (exact) mass is 205 g/mol. The summed E-state index contributed by atoms with van der Waals surface area (Å²) in [5, 5.41) is 3.23. The van der Waals surface area contributed by atoms with Crippen molar-refractivity contribution in [3.05, 3.63) is 35.9 Å². The summed E-state index contributed by atoms with van der Waals surface area (Å²) in [6.07, 6.45) is 4.03. The summed E-state index contributed by atoms with van der Waals surface area (Å²) in [5.74, 6) is 0. The lowest BCUT2D eigenvalue weighted by atomic mass is 9.92. The summed E-state index contributed by atoms with van der Waals surface area (Å²) in [4.78, 5) is 0. The van der Waals surface area contributed by atoms with E-state index in [0.29, 0.717) is 5.41 Å². The SMILES string of the molecule is CC.CNCCC1(c2ccccc2)CC1. The van der Waals surface area contributed by atoms with Gasteiger partial charge in [-0.3, -0.25) is 0 Å². The summed E-state index contributed by atoms with van der Waals surface area (Å²) in [6, 6.07) is 10.9. The molecule has 1 heteroatoms. The first kappa shape index (κ1) is 12.3. The summed E-state index contributed by atoms with van der Waals surface area (Å²) in [7, 11) is 2.03. The molecule has 15 heavy (non-hydrogen) atoms. The molecule has 0 spiro atoms. The Bertz CT molecular complexity index is 262. The fourth-order valence-corrected chi connectivity index (χ4v) is 1.99. The van der Waals surface area contributed by atoms with E-state index in [9.17, 15) is 0 Å². The van der Waals surface area contributed by atoms with Crippen LogP contribution in [0.4, 0.5) is 0 Å². The van der Waals surface area contributed by atoms with Gasteiger partial charge in [-0.15, -0.1) is 0 Å². The molecule has 1 saturated carbocycles. The van der Waals surface area contributed by atoms with Crippen molar-refractivity contribution in [3.63, 3.8) is 0 Å². The number of nitrogens with one attached hydrogen (secondary N) is 1. The van der Waals surface area contributed by atoms with Crippen LogP contribution in [0.1, 0.15) is 38.7 Å². The third-order valence-electron chi connectivity index (χ3n) is 3.09. The highest BCUT2D eigenvalue weighted by molar-refractivity contribution is 5.30. The standard InChI is InChI=1S/C12H17N.C2H6/c1-13-10-9-12(7-8-12)11-5-3-2-4-6-11;1-2/h2-6,13H,7-10H2,1H3;1-2H3. The molecule has 0 bridgehead atoms. The summed E-state index contributed by atoms with van der Waals surface area (Å²) in [6.45, 7) is 5.13. The Morgan fingerprint density at radius 2 is 1.73 bits per heavy atom. The molecular formula is C14H23N. The molecule has 0 heterocycles. The van der Waals surface area contributed by atoms with Gasteiger partial charge >= 0.3 is 0 Å². The summed E-state index contributed by atoms with van der Waals surface area (Å²) >= 11 is 0. The van der Waals surface area contributed by atoms with E-state index in [-0.39, 0.29) is 0 Å². The Labute approximate surface area is 93.9 Å². The highest BCUT2D eigenvalue weighted by atomic mass is 14.8. The average Bonchev–Trinajstić information content (AvgIpc) is 3.11. The van der Waals surface area contributed by atoms with Gasteiger partial charge in [-0.1, -0.05) is 44.2 Å². The zero-order valence-electron chi connectivity index (χ0n) is 10.2. The Hall–Kier alpha value is -0.820. The first-order chi connectivity index (χ1) is 7.37. The fourth-order valence-electron chi connectivity index (χ4n) is 1.99. The van der Waals surface area contributed by atoms with Crippen LogP contribution in [0, 0.1) is 0 Å². The normalized spacial score (nSPS) is 16.5. The first-order valence-corrected chi connectivity index (χ1v) is 6.07. The van der Waals surface area contributed by atoms with Gasteiger partial charge in [0.15, 0.2) is 0 Å². The maximum Gasteiger partial charge on any atom is -0.00343 e. The molecule has 0 saturated heterocycles. The van der Waals surface area contributed by atoms with E-state index in [1.54, 1.807) is 0 Å². The van der Waals surface area contributed by atoms with Crippen LogP contribution in [0.3, 0.4) is 0 Å². The average molecular weight is 205 g/mol. The van der Waals surface area contributed by atoms with Gasteiger partial charge in [0, 0.05) is 0 Å². The number of benzene rings is 1. The topological polar surface area (TPSA) is 12.0 Å². The zero-order chi connectivity index (χ0) is 11.1. The smallest absolute Gasteiger partial charge is 0.00343 e. The van der Waals surface area contributed by atoms with E-state index in [4.69, 9.17) is 0 Å². The molecule has 2 rings (SSSR count). The highest BCUT2D eigenvalue weighted by Crippen LogP contribution is 2.50. The lowest BCUT2D eigenvalue weighted by Gasteiger charge is -2.14. The molecule has 1 aliphatic carbocycles. The predicted octanol–water partition coefficient (Wildman–Crippen LogP) is 3.35. The molecule has 0 aliphatic heterocycles. The van der Waals surface area contributed by atoms with E-state index in [1.165, 1.54) is 24.8 Å². The van der Waals surface area contributed by atoms with Crippen LogP contribution in [-0.4, -0.2) is 13.6 Å². The van der Waals surface area contributed by atoms with E-state index in [1.807, 2.05) is 20.9 Å². The maximum absolute atomic E-state index is 3.23. The minimum atomic E-state index is 0.532. The van der Waals surface area contributed by atoms with Gasteiger partial charge in [0.2, 0.25) is 0 Å². The molecule has 1 aromatic rings. The van der Waals surface area contributed by atoms with Gasteiger partial charge < -0.3 is 5.32 Å². The molecule has 0 amide bonds. The molecule has 1 N–H and O–H groups in total. The molecule has 0 radical (unpaired) electrons. The fraction of sp³-hybridized carbons (Fsp3) is 0.571. The molecule has 0 aromatic heterocycles. The van der Waals surface area contributed by atoms with Gasteiger partial charge in [0.1, 0.15) is 0 Å². The van der Waals surface area contributed by atoms with E-state index in [2.05, 4.69) is 35.6 Å².